The molecule has 0 aromatic heterocycles. The normalized spacial score (nSPS) is 13.1. The SMILES string of the molecule is CC.COc1ccc2c(c1O)COC(=O)C2. The van der Waals surface area contributed by atoms with Gasteiger partial charge in [0.25, 0.3) is 0 Å². The maximum Gasteiger partial charge on any atom is 0.310 e. The second-order valence-electron chi connectivity index (χ2n) is 3.09. The molecule has 16 heavy (non-hydrogen) atoms. The van der Waals surface area contributed by atoms with E-state index in [1.54, 1.807) is 12.1 Å². The minimum atomic E-state index is -0.262. The summed E-state index contributed by atoms with van der Waals surface area (Å²) in [6.45, 7) is 4.12. The first-order valence-corrected chi connectivity index (χ1v) is 5.25. The number of rotatable bonds is 1. The third-order valence-electron chi connectivity index (χ3n) is 2.27. The molecule has 1 aliphatic heterocycles. The number of fused-ring (bicyclic) bond motifs is 1. The average Bonchev–Trinajstić information content (AvgIpc) is 2.32. The average molecular weight is 224 g/mol. The molecule has 4 nitrogen and oxygen atoms in total. The van der Waals surface area contributed by atoms with Crippen LogP contribution in [-0.2, 0) is 22.6 Å². The lowest BCUT2D eigenvalue weighted by molar-refractivity contribution is -0.145. The molecule has 0 unspecified atom stereocenters. The molecular weight excluding hydrogens is 208 g/mol. The minimum absolute atomic E-state index is 0.0671. The fraction of sp³-hybridized carbons (Fsp3) is 0.417. The van der Waals surface area contributed by atoms with Crippen LogP contribution < -0.4 is 4.74 Å². The molecule has 1 aromatic carbocycles. The first-order valence-electron chi connectivity index (χ1n) is 5.25. The second kappa shape index (κ2) is 5.39. The van der Waals surface area contributed by atoms with Gasteiger partial charge in [-0.2, -0.15) is 0 Å². The van der Waals surface area contributed by atoms with Crippen LogP contribution >= 0.6 is 0 Å². The molecule has 0 saturated heterocycles. The summed E-state index contributed by atoms with van der Waals surface area (Å²) in [5.74, 6) is 0.210. The maximum absolute atomic E-state index is 11.0. The van der Waals surface area contributed by atoms with Crippen molar-refractivity contribution in [2.45, 2.75) is 26.9 Å². The van der Waals surface area contributed by atoms with Crippen molar-refractivity contribution < 1.29 is 19.4 Å². The van der Waals surface area contributed by atoms with Gasteiger partial charge in [-0.15, -0.1) is 0 Å². The number of hydrogen-bond donors (Lipinski definition) is 1. The Morgan fingerprint density at radius 2 is 2.06 bits per heavy atom. The van der Waals surface area contributed by atoms with E-state index in [-0.39, 0.29) is 24.7 Å². The molecule has 0 atom stereocenters. The van der Waals surface area contributed by atoms with Crippen molar-refractivity contribution in [2.75, 3.05) is 7.11 Å². The van der Waals surface area contributed by atoms with Gasteiger partial charge in [-0.3, -0.25) is 4.79 Å². The predicted octanol–water partition coefficient (Wildman–Crippen LogP) is 2.03. The van der Waals surface area contributed by atoms with Crippen LogP contribution in [0.15, 0.2) is 12.1 Å². The van der Waals surface area contributed by atoms with Gasteiger partial charge in [0.15, 0.2) is 11.5 Å². The molecule has 88 valence electrons. The molecule has 0 aliphatic carbocycles. The number of esters is 1. The highest BCUT2D eigenvalue weighted by molar-refractivity contribution is 5.75. The Bertz CT molecular complexity index is 385. The van der Waals surface area contributed by atoms with Gasteiger partial charge in [0, 0.05) is 5.56 Å². The summed E-state index contributed by atoms with van der Waals surface area (Å²) in [6.07, 6.45) is 0.215. The van der Waals surface area contributed by atoms with Crippen molar-refractivity contribution in [3.8, 4) is 11.5 Å². The maximum atomic E-state index is 11.0. The second-order valence-corrected chi connectivity index (χ2v) is 3.09. The molecule has 0 radical (unpaired) electrons. The lowest BCUT2D eigenvalue weighted by Gasteiger charge is -2.18. The quantitative estimate of drug-likeness (QED) is 0.741. The van der Waals surface area contributed by atoms with Gasteiger partial charge in [0.2, 0.25) is 0 Å². The summed E-state index contributed by atoms with van der Waals surface area (Å²) >= 11 is 0. The van der Waals surface area contributed by atoms with Crippen LogP contribution in [0.1, 0.15) is 25.0 Å². The Hall–Kier alpha value is -1.71. The number of hydrogen-bond acceptors (Lipinski definition) is 4. The zero-order chi connectivity index (χ0) is 12.1. The lowest BCUT2D eigenvalue weighted by Crippen LogP contribution is -2.16. The van der Waals surface area contributed by atoms with E-state index in [1.165, 1.54) is 7.11 Å². The van der Waals surface area contributed by atoms with Crippen molar-refractivity contribution in [1.29, 1.82) is 0 Å². The molecule has 0 bridgehead atoms. The van der Waals surface area contributed by atoms with Crippen molar-refractivity contribution in [3.63, 3.8) is 0 Å². The summed E-state index contributed by atoms with van der Waals surface area (Å²) in [5.41, 5.74) is 1.45. The molecule has 0 saturated carbocycles. The standard InChI is InChI=1S/C10H10O4.C2H6/c1-13-8-3-2-6-4-9(11)14-5-7(6)10(8)12;1-2/h2-3,12H,4-5H2,1H3;1-2H3. The minimum Gasteiger partial charge on any atom is -0.504 e. The molecule has 1 N–H and O–H groups in total. The highest BCUT2D eigenvalue weighted by Crippen LogP contribution is 2.34. The Morgan fingerprint density at radius 3 is 2.69 bits per heavy atom. The fourth-order valence-electron chi connectivity index (χ4n) is 1.51. The van der Waals surface area contributed by atoms with E-state index < -0.39 is 0 Å². The summed E-state index contributed by atoms with van der Waals surface area (Å²) in [7, 11) is 1.48. The molecule has 1 heterocycles. The van der Waals surface area contributed by atoms with E-state index in [4.69, 9.17) is 9.47 Å². The highest BCUT2D eigenvalue weighted by atomic mass is 16.5. The van der Waals surface area contributed by atoms with Crippen molar-refractivity contribution in [3.05, 3.63) is 23.3 Å². The third-order valence-corrected chi connectivity index (χ3v) is 2.27. The molecule has 4 heteroatoms. The number of phenolic OH excluding ortho intramolecular Hbond substituents is 1. The summed E-state index contributed by atoms with van der Waals surface area (Å²) in [5, 5.41) is 9.70. The molecule has 0 amide bonds. The third kappa shape index (κ3) is 2.27. The Labute approximate surface area is 94.8 Å². The number of carbonyl (C=O) groups is 1. The van der Waals surface area contributed by atoms with E-state index >= 15 is 0 Å². The number of ether oxygens (including phenoxy) is 2. The van der Waals surface area contributed by atoms with Crippen LogP contribution in [0.4, 0.5) is 0 Å². The molecule has 1 aliphatic rings. The number of phenols is 1. The summed E-state index contributed by atoms with van der Waals surface area (Å²) < 4.78 is 9.78. The van der Waals surface area contributed by atoms with E-state index in [0.29, 0.717) is 11.3 Å². The lowest BCUT2D eigenvalue weighted by atomic mass is 10.0. The zero-order valence-corrected chi connectivity index (χ0v) is 9.74. The van der Waals surface area contributed by atoms with Crippen LogP contribution in [0.5, 0.6) is 11.5 Å². The highest BCUT2D eigenvalue weighted by Gasteiger charge is 2.21. The van der Waals surface area contributed by atoms with Crippen LogP contribution in [-0.4, -0.2) is 18.2 Å². The summed E-state index contributed by atoms with van der Waals surface area (Å²) in [4.78, 5) is 11.0. The van der Waals surface area contributed by atoms with Crippen molar-refractivity contribution in [2.24, 2.45) is 0 Å². The number of methoxy groups -OCH3 is 1. The van der Waals surface area contributed by atoms with Crippen LogP contribution in [0, 0.1) is 0 Å². The van der Waals surface area contributed by atoms with E-state index in [9.17, 15) is 9.90 Å². The van der Waals surface area contributed by atoms with E-state index in [0.717, 1.165) is 5.56 Å². The van der Waals surface area contributed by atoms with Gasteiger partial charge in [-0.25, -0.2) is 0 Å². The molecule has 1 aromatic rings. The Morgan fingerprint density at radius 1 is 1.38 bits per heavy atom. The molecular formula is C12H16O4. The van der Waals surface area contributed by atoms with E-state index in [1.807, 2.05) is 13.8 Å². The topological polar surface area (TPSA) is 55.8 Å². The largest absolute Gasteiger partial charge is 0.504 e. The zero-order valence-electron chi connectivity index (χ0n) is 9.74. The van der Waals surface area contributed by atoms with Crippen molar-refractivity contribution in [1.82, 2.24) is 0 Å². The number of carbonyl (C=O) groups excluding carboxylic acids is 1. The summed E-state index contributed by atoms with van der Waals surface area (Å²) in [6, 6.07) is 3.42. The molecule has 2 rings (SSSR count). The van der Waals surface area contributed by atoms with Gasteiger partial charge >= 0.3 is 5.97 Å². The van der Waals surface area contributed by atoms with Gasteiger partial charge < -0.3 is 14.6 Å². The first-order chi connectivity index (χ1) is 7.72. The molecule has 0 spiro atoms. The van der Waals surface area contributed by atoms with Crippen LogP contribution in [0.2, 0.25) is 0 Å². The Kier molecular flexibility index (Phi) is 4.17. The van der Waals surface area contributed by atoms with Crippen LogP contribution in [0.25, 0.3) is 0 Å². The molecule has 0 fully saturated rings. The van der Waals surface area contributed by atoms with Crippen LogP contribution in [0.3, 0.4) is 0 Å². The Balaban J connectivity index is 0.000000606. The number of aromatic hydroxyl groups is 1. The van der Waals surface area contributed by atoms with E-state index in [2.05, 4.69) is 0 Å². The fourth-order valence-corrected chi connectivity index (χ4v) is 1.51. The van der Waals surface area contributed by atoms with Gasteiger partial charge in [-0.05, 0) is 11.6 Å². The van der Waals surface area contributed by atoms with Crippen molar-refractivity contribution >= 4 is 5.97 Å². The smallest absolute Gasteiger partial charge is 0.310 e. The monoisotopic (exact) mass is 224 g/mol. The van der Waals surface area contributed by atoms with Gasteiger partial charge in [0.1, 0.15) is 6.61 Å². The van der Waals surface area contributed by atoms with Gasteiger partial charge in [0.05, 0.1) is 13.5 Å². The van der Waals surface area contributed by atoms with Gasteiger partial charge in [-0.1, -0.05) is 19.9 Å². The number of cyclic esters (lactones) is 1. The number of benzene rings is 1. The predicted molar refractivity (Wildman–Crippen MR) is 59.5 cm³/mol. The first kappa shape index (κ1) is 12.4.